The van der Waals surface area contributed by atoms with Gasteiger partial charge in [0.25, 0.3) is 0 Å². The van der Waals surface area contributed by atoms with E-state index in [1.807, 2.05) is 0 Å². The van der Waals surface area contributed by atoms with Crippen LogP contribution in [0.1, 0.15) is 51.9 Å². The molecule has 1 N–H and O–H groups in total. The van der Waals surface area contributed by atoms with Crippen LogP contribution in [0.15, 0.2) is 11.6 Å². The molecule has 21 heavy (non-hydrogen) atoms. The third-order valence-corrected chi connectivity index (χ3v) is 7.03. The summed E-state index contributed by atoms with van der Waals surface area (Å²) in [6, 6.07) is 0. The third-order valence-electron chi connectivity index (χ3n) is 7.03. The van der Waals surface area contributed by atoms with Crippen molar-refractivity contribution in [3.8, 4) is 0 Å². The van der Waals surface area contributed by atoms with Gasteiger partial charge in [0.2, 0.25) is 0 Å². The number of carbonyl (C=O) groups excluding carboxylic acids is 2. The fourth-order valence-corrected chi connectivity index (χ4v) is 6.02. The van der Waals surface area contributed by atoms with Crippen LogP contribution < -0.4 is 0 Å². The van der Waals surface area contributed by atoms with Gasteiger partial charge in [-0.3, -0.25) is 9.59 Å². The molecule has 0 amide bonds. The molecule has 0 heterocycles. The predicted octanol–water partition coefficient (Wildman–Crippen LogP) is 2.67. The second-order valence-electron chi connectivity index (χ2n) is 7.87. The first kappa shape index (κ1) is 13.7. The Morgan fingerprint density at radius 1 is 1.14 bits per heavy atom. The normalized spacial score (nSPS) is 49.2. The summed E-state index contributed by atoms with van der Waals surface area (Å²) in [5.41, 5.74) is 1.09. The molecule has 0 bridgehead atoms. The average molecular weight is 288 g/mol. The number of Topliss-reactive ketones (excluding diaryl/α,β-unsaturated/α-hetero) is 1. The van der Waals surface area contributed by atoms with Gasteiger partial charge in [0.05, 0.1) is 6.10 Å². The van der Waals surface area contributed by atoms with Crippen LogP contribution in [-0.4, -0.2) is 22.8 Å². The molecule has 6 atom stereocenters. The van der Waals surface area contributed by atoms with Crippen LogP contribution in [0.25, 0.3) is 0 Å². The fraction of sp³-hybridized carbons (Fsp3) is 0.778. The number of ketones is 2. The van der Waals surface area contributed by atoms with Crippen LogP contribution >= 0.6 is 0 Å². The lowest BCUT2D eigenvalue weighted by atomic mass is 9.52. The summed E-state index contributed by atoms with van der Waals surface area (Å²) in [7, 11) is 0. The van der Waals surface area contributed by atoms with Gasteiger partial charge in [-0.05, 0) is 55.9 Å². The molecule has 0 saturated heterocycles. The van der Waals surface area contributed by atoms with Gasteiger partial charge in [-0.2, -0.15) is 0 Å². The third kappa shape index (κ3) is 1.82. The van der Waals surface area contributed by atoms with Crippen LogP contribution in [0.2, 0.25) is 0 Å². The minimum atomic E-state index is -0.494. The van der Waals surface area contributed by atoms with Crippen LogP contribution in [0.3, 0.4) is 0 Å². The predicted molar refractivity (Wildman–Crippen MR) is 78.5 cm³/mol. The van der Waals surface area contributed by atoms with E-state index in [0.29, 0.717) is 23.5 Å². The Balaban J connectivity index is 1.67. The van der Waals surface area contributed by atoms with E-state index in [1.165, 1.54) is 5.57 Å². The van der Waals surface area contributed by atoms with E-state index >= 15 is 0 Å². The maximum atomic E-state index is 12.3. The molecule has 0 aromatic heterocycles. The molecule has 0 spiro atoms. The fourth-order valence-electron chi connectivity index (χ4n) is 6.02. The second kappa shape index (κ2) is 4.52. The van der Waals surface area contributed by atoms with Crippen molar-refractivity contribution < 1.29 is 14.7 Å². The van der Waals surface area contributed by atoms with Crippen molar-refractivity contribution in [1.29, 1.82) is 0 Å². The zero-order valence-electron chi connectivity index (χ0n) is 12.7. The zero-order chi connectivity index (χ0) is 14.8. The lowest BCUT2D eigenvalue weighted by Crippen LogP contribution is -2.49. The van der Waals surface area contributed by atoms with E-state index in [0.717, 1.165) is 38.5 Å². The van der Waals surface area contributed by atoms with E-state index in [1.54, 1.807) is 6.08 Å². The maximum Gasteiger partial charge on any atom is 0.158 e. The van der Waals surface area contributed by atoms with Crippen molar-refractivity contribution in [1.82, 2.24) is 0 Å². The molecular weight excluding hydrogens is 264 g/mol. The van der Waals surface area contributed by atoms with Crippen molar-refractivity contribution in [2.75, 3.05) is 0 Å². The average Bonchev–Trinajstić information content (AvgIpc) is 2.74. The van der Waals surface area contributed by atoms with Crippen molar-refractivity contribution in [2.45, 2.75) is 58.0 Å². The van der Waals surface area contributed by atoms with Gasteiger partial charge in [-0.15, -0.1) is 0 Å². The second-order valence-corrected chi connectivity index (χ2v) is 7.87. The minimum absolute atomic E-state index is 0.0869. The van der Waals surface area contributed by atoms with Gasteiger partial charge >= 0.3 is 0 Å². The molecule has 0 aliphatic heterocycles. The quantitative estimate of drug-likeness (QED) is 0.745. The lowest BCUT2D eigenvalue weighted by Gasteiger charge is -2.52. The van der Waals surface area contributed by atoms with Crippen molar-refractivity contribution >= 4 is 11.6 Å². The van der Waals surface area contributed by atoms with E-state index in [2.05, 4.69) is 6.92 Å². The number of aliphatic hydroxyl groups is 1. The molecule has 0 radical (unpaired) electrons. The molecule has 3 fully saturated rings. The SMILES string of the molecule is C[C@]12CC[C@H]3[C@@H](CCC4=CC(=O)CC(O)[C@@H]43)[C@@H]1CCC2=O. The highest BCUT2D eigenvalue weighted by atomic mass is 16.3. The van der Waals surface area contributed by atoms with Gasteiger partial charge in [0.15, 0.2) is 5.78 Å². The minimum Gasteiger partial charge on any atom is -0.392 e. The molecule has 4 aliphatic rings. The molecule has 3 saturated carbocycles. The molecule has 1 unspecified atom stereocenters. The summed E-state index contributed by atoms with van der Waals surface area (Å²) in [5, 5.41) is 10.4. The molecular formula is C18H24O3. The van der Waals surface area contributed by atoms with Crippen molar-refractivity contribution in [3.05, 3.63) is 11.6 Å². The molecule has 0 aromatic rings. The standard InChI is InChI=1S/C18H24O3/c1-18-7-6-13-12(14(18)4-5-16(18)21)3-2-10-8-11(19)9-15(20)17(10)13/h8,12-15,17,20H,2-7,9H2,1H3/t12-,13+,14+,15?,17+,18+/m1/s1. The smallest absolute Gasteiger partial charge is 0.158 e. The Morgan fingerprint density at radius 2 is 1.95 bits per heavy atom. The number of aliphatic hydroxyl groups excluding tert-OH is 1. The monoisotopic (exact) mass is 288 g/mol. The zero-order valence-corrected chi connectivity index (χ0v) is 12.7. The summed E-state index contributed by atoms with van der Waals surface area (Å²) in [6.07, 6.45) is 7.44. The Kier molecular flexibility index (Phi) is 2.94. The summed E-state index contributed by atoms with van der Waals surface area (Å²) < 4.78 is 0. The Morgan fingerprint density at radius 3 is 2.76 bits per heavy atom. The van der Waals surface area contributed by atoms with Gasteiger partial charge in [0, 0.05) is 24.2 Å². The summed E-state index contributed by atoms with van der Waals surface area (Å²) in [6.45, 7) is 2.18. The van der Waals surface area contributed by atoms with E-state index in [9.17, 15) is 14.7 Å². The van der Waals surface area contributed by atoms with Gasteiger partial charge in [-0.1, -0.05) is 12.5 Å². The van der Waals surface area contributed by atoms with Crippen LogP contribution in [0.5, 0.6) is 0 Å². The van der Waals surface area contributed by atoms with E-state index in [-0.39, 0.29) is 23.5 Å². The first-order valence-corrected chi connectivity index (χ1v) is 8.45. The molecule has 4 aliphatic carbocycles. The van der Waals surface area contributed by atoms with E-state index < -0.39 is 6.10 Å². The first-order valence-electron chi connectivity index (χ1n) is 8.45. The summed E-state index contributed by atoms with van der Waals surface area (Å²) in [5.74, 6) is 2.30. The Bertz CT molecular complexity index is 535. The Labute approximate surface area is 125 Å². The number of hydrogen-bond acceptors (Lipinski definition) is 3. The molecule has 3 nitrogen and oxygen atoms in total. The summed E-state index contributed by atoms with van der Waals surface area (Å²) >= 11 is 0. The molecule has 4 rings (SSSR count). The number of rotatable bonds is 0. The molecule has 114 valence electrons. The highest BCUT2D eigenvalue weighted by molar-refractivity contribution is 5.92. The van der Waals surface area contributed by atoms with Crippen LogP contribution in [-0.2, 0) is 9.59 Å². The topological polar surface area (TPSA) is 54.4 Å². The van der Waals surface area contributed by atoms with Gasteiger partial charge in [-0.25, -0.2) is 0 Å². The van der Waals surface area contributed by atoms with Gasteiger partial charge < -0.3 is 5.11 Å². The highest BCUT2D eigenvalue weighted by Crippen LogP contribution is 2.60. The number of fused-ring (bicyclic) bond motifs is 5. The molecule has 3 heteroatoms. The van der Waals surface area contributed by atoms with Crippen LogP contribution in [0, 0.1) is 29.1 Å². The Hall–Kier alpha value is -0.960. The largest absolute Gasteiger partial charge is 0.392 e. The maximum absolute atomic E-state index is 12.3. The highest BCUT2D eigenvalue weighted by Gasteiger charge is 2.57. The molecule has 0 aromatic carbocycles. The van der Waals surface area contributed by atoms with Crippen LogP contribution in [0.4, 0.5) is 0 Å². The van der Waals surface area contributed by atoms with Crippen molar-refractivity contribution in [3.63, 3.8) is 0 Å². The summed E-state index contributed by atoms with van der Waals surface area (Å²) in [4.78, 5) is 24.0. The first-order chi connectivity index (χ1) is 10.0. The number of hydrogen-bond donors (Lipinski definition) is 1. The van der Waals surface area contributed by atoms with E-state index in [4.69, 9.17) is 0 Å². The number of carbonyl (C=O) groups is 2. The van der Waals surface area contributed by atoms with Gasteiger partial charge in [0.1, 0.15) is 5.78 Å². The lowest BCUT2D eigenvalue weighted by molar-refractivity contribution is -0.132. The van der Waals surface area contributed by atoms with Crippen molar-refractivity contribution in [2.24, 2.45) is 29.1 Å².